The molecule has 6 atom stereocenters. The summed E-state index contributed by atoms with van der Waals surface area (Å²) in [5.41, 5.74) is 1.74. The second-order valence-electron chi connectivity index (χ2n) is 9.15. The topological polar surface area (TPSA) is 43.4 Å². The summed E-state index contributed by atoms with van der Waals surface area (Å²) in [6, 6.07) is 0. The fourth-order valence-corrected chi connectivity index (χ4v) is 6.73. The smallest absolute Gasteiger partial charge is 0.302 e. The number of hydrogen-bond donors (Lipinski definition) is 0. The minimum Gasteiger partial charge on any atom is -0.462 e. The number of esters is 1. The number of carbonyl (C=O) groups is 2. The van der Waals surface area contributed by atoms with Gasteiger partial charge in [0.15, 0.2) is 0 Å². The van der Waals surface area contributed by atoms with Crippen molar-refractivity contribution in [2.75, 3.05) is 0 Å². The first kappa shape index (κ1) is 16.4. The van der Waals surface area contributed by atoms with Crippen LogP contribution in [0.5, 0.6) is 0 Å². The Morgan fingerprint density at radius 3 is 2.58 bits per heavy atom. The Labute approximate surface area is 145 Å². The normalized spacial score (nSPS) is 47.3. The van der Waals surface area contributed by atoms with Crippen molar-refractivity contribution in [1.82, 2.24) is 0 Å². The van der Waals surface area contributed by atoms with Crippen LogP contribution in [-0.4, -0.2) is 17.9 Å². The SMILES string of the molecule is CC(=O)O[C@@H]1CC[C@@]2(C)C(=CC[C@@H]3[C@@H]4CCC(=O)[C@]4(C)CC[C@@H]32)C1. The molecule has 0 radical (unpaired) electrons. The van der Waals surface area contributed by atoms with Gasteiger partial charge in [0, 0.05) is 25.2 Å². The quantitative estimate of drug-likeness (QED) is 0.527. The molecule has 0 N–H and O–H groups in total. The number of rotatable bonds is 1. The van der Waals surface area contributed by atoms with Gasteiger partial charge in [-0.05, 0) is 61.7 Å². The second kappa shape index (κ2) is 5.44. The summed E-state index contributed by atoms with van der Waals surface area (Å²) in [4.78, 5) is 23.7. The predicted octanol–water partition coefficient (Wildman–Crippen LogP) is 4.45. The lowest BCUT2D eigenvalue weighted by atomic mass is 9.48. The molecule has 0 aliphatic heterocycles. The van der Waals surface area contributed by atoms with E-state index in [1.54, 1.807) is 0 Å². The zero-order valence-electron chi connectivity index (χ0n) is 15.3. The van der Waals surface area contributed by atoms with Crippen LogP contribution in [0.25, 0.3) is 0 Å². The maximum Gasteiger partial charge on any atom is 0.302 e. The highest BCUT2D eigenvalue weighted by atomic mass is 16.5. The van der Waals surface area contributed by atoms with Crippen molar-refractivity contribution in [3.05, 3.63) is 11.6 Å². The molecule has 0 saturated heterocycles. The van der Waals surface area contributed by atoms with Gasteiger partial charge in [-0.1, -0.05) is 25.5 Å². The van der Waals surface area contributed by atoms with Crippen LogP contribution in [0.15, 0.2) is 11.6 Å². The third-order valence-electron chi connectivity index (χ3n) is 8.10. The van der Waals surface area contributed by atoms with E-state index in [2.05, 4.69) is 19.9 Å². The van der Waals surface area contributed by atoms with Crippen LogP contribution >= 0.6 is 0 Å². The molecule has 0 aromatic carbocycles. The summed E-state index contributed by atoms with van der Waals surface area (Å²) < 4.78 is 5.50. The molecule has 4 rings (SSSR count). The Morgan fingerprint density at radius 2 is 1.83 bits per heavy atom. The molecule has 3 heteroatoms. The van der Waals surface area contributed by atoms with E-state index in [1.165, 1.54) is 18.9 Å². The predicted molar refractivity (Wildman–Crippen MR) is 92.3 cm³/mol. The van der Waals surface area contributed by atoms with E-state index in [-0.39, 0.29) is 22.9 Å². The van der Waals surface area contributed by atoms with Gasteiger partial charge in [-0.15, -0.1) is 0 Å². The summed E-state index contributed by atoms with van der Waals surface area (Å²) in [5.74, 6) is 2.33. The third kappa shape index (κ3) is 2.23. The number of ether oxygens (including phenoxy) is 1. The van der Waals surface area contributed by atoms with Crippen LogP contribution < -0.4 is 0 Å². The summed E-state index contributed by atoms with van der Waals surface area (Å²) in [7, 11) is 0. The minimum absolute atomic E-state index is 0.0438. The summed E-state index contributed by atoms with van der Waals surface area (Å²) in [6.07, 6.45) is 10.8. The number of ketones is 1. The summed E-state index contributed by atoms with van der Waals surface area (Å²) in [6.45, 7) is 6.19. The molecule has 0 aromatic rings. The van der Waals surface area contributed by atoms with Gasteiger partial charge in [0.25, 0.3) is 0 Å². The van der Waals surface area contributed by atoms with Gasteiger partial charge in [-0.2, -0.15) is 0 Å². The highest BCUT2D eigenvalue weighted by Gasteiger charge is 2.58. The Hall–Kier alpha value is -1.12. The van der Waals surface area contributed by atoms with Crippen LogP contribution in [0, 0.1) is 28.6 Å². The molecule has 0 unspecified atom stereocenters. The Kier molecular flexibility index (Phi) is 3.71. The van der Waals surface area contributed by atoms with E-state index in [0.29, 0.717) is 23.5 Å². The summed E-state index contributed by atoms with van der Waals surface area (Å²) in [5, 5.41) is 0. The fourth-order valence-electron chi connectivity index (χ4n) is 6.73. The molecule has 4 aliphatic carbocycles. The summed E-state index contributed by atoms with van der Waals surface area (Å²) >= 11 is 0. The van der Waals surface area contributed by atoms with E-state index in [1.807, 2.05) is 0 Å². The highest BCUT2D eigenvalue weighted by Crippen LogP contribution is 2.64. The van der Waals surface area contributed by atoms with Crippen LogP contribution in [0.4, 0.5) is 0 Å². The molecule has 4 aliphatic rings. The monoisotopic (exact) mass is 330 g/mol. The first-order valence-electron chi connectivity index (χ1n) is 9.74. The average Bonchev–Trinajstić information content (AvgIpc) is 2.83. The zero-order chi connectivity index (χ0) is 17.1. The van der Waals surface area contributed by atoms with Gasteiger partial charge < -0.3 is 4.74 Å². The largest absolute Gasteiger partial charge is 0.462 e. The lowest BCUT2D eigenvalue weighted by Gasteiger charge is -2.56. The first-order chi connectivity index (χ1) is 11.3. The van der Waals surface area contributed by atoms with Crippen LogP contribution in [0.2, 0.25) is 0 Å². The van der Waals surface area contributed by atoms with E-state index in [0.717, 1.165) is 44.9 Å². The third-order valence-corrected chi connectivity index (χ3v) is 8.10. The van der Waals surface area contributed by atoms with E-state index in [9.17, 15) is 9.59 Å². The van der Waals surface area contributed by atoms with Crippen molar-refractivity contribution < 1.29 is 14.3 Å². The lowest BCUT2D eigenvalue weighted by molar-refractivity contribution is -0.148. The maximum atomic E-state index is 12.4. The van der Waals surface area contributed by atoms with Crippen molar-refractivity contribution in [3.8, 4) is 0 Å². The van der Waals surface area contributed by atoms with E-state index >= 15 is 0 Å². The van der Waals surface area contributed by atoms with Gasteiger partial charge in [-0.25, -0.2) is 0 Å². The molecule has 0 amide bonds. The standard InChI is InChI=1S/C21H30O3/c1-13(22)24-15-8-10-20(2)14(12-15)4-5-16-17-6-7-19(23)21(17,3)11-9-18(16)20/h4,15-18H,5-12H2,1-3H3/t15-,16-,17+,18+,20+,21-/m1/s1. The number of Topliss-reactive ketones (excluding diaryl/α,β-unsaturated/α-hetero) is 1. The molecule has 3 fully saturated rings. The van der Waals surface area contributed by atoms with Gasteiger partial charge in [0.1, 0.15) is 11.9 Å². The van der Waals surface area contributed by atoms with Crippen molar-refractivity contribution in [2.45, 2.75) is 78.2 Å². The molecule has 132 valence electrons. The van der Waals surface area contributed by atoms with E-state index < -0.39 is 0 Å². The molecule has 0 heterocycles. The molecular formula is C21H30O3. The Morgan fingerprint density at radius 1 is 1.12 bits per heavy atom. The van der Waals surface area contributed by atoms with Crippen LogP contribution in [-0.2, 0) is 14.3 Å². The number of fused-ring (bicyclic) bond motifs is 5. The molecular weight excluding hydrogens is 300 g/mol. The molecule has 0 bridgehead atoms. The molecule has 24 heavy (non-hydrogen) atoms. The van der Waals surface area contributed by atoms with Crippen molar-refractivity contribution in [2.24, 2.45) is 28.6 Å². The molecule has 3 saturated carbocycles. The maximum absolute atomic E-state index is 12.4. The average molecular weight is 330 g/mol. The van der Waals surface area contributed by atoms with Crippen molar-refractivity contribution in [1.29, 1.82) is 0 Å². The van der Waals surface area contributed by atoms with Crippen molar-refractivity contribution >= 4 is 11.8 Å². The van der Waals surface area contributed by atoms with Gasteiger partial charge in [0.05, 0.1) is 0 Å². The van der Waals surface area contributed by atoms with Gasteiger partial charge >= 0.3 is 5.97 Å². The molecule has 0 aromatic heterocycles. The minimum atomic E-state index is -0.157. The molecule has 0 spiro atoms. The van der Waals surface area contributed by atoms with Gasteiger partial charge in [-0.3, -0.25) is 9.59 Å². The van der Waals surface area contributed by atoms with Crippen molar-refractivity contribution in [3.63, 3.8) is 0 Å². The van der Waals surface area contributed by atoms with E-state index in [4.69, 9.17) is 4.74 Å². The number of carbonyl (C=O) groups excluding carboxylic acids is 2. The highest BCUT2D eigenvalue weighted by molar-refractivity contribution is 5.87. The first-order valence-corrected chi connectivity index (χ1v) is 9.74. The second-order valence-corrected chi connectivity index (χ2v) is 9.15. The number of hydrogen-bond acceptors (Lipinski definition) is 3. The Bertz CT molecular complexity index is 606. The lowest BCUT2D eigenvalue weighted by Crippen LogP contribution is -2.50. The fraction of sp³-hybridized carbons (Fsp3) is 0.810. The van der Waals surface area contributed by atoms with Gasteiger partial charge in [0.2, 0.25) is 0 Å². The van der Waals surface area contributed by atoms with Crippen LogP contribution in [0.1, 0.15) is 72.1 Å². The Balaban J connectivity index is 1.60. The molecule has 3 nitrogen and oxygen atoms in total. The van der Waals surface area contributed by atoms with Crippen LogP contribution in [0.3, 0.4) is 0 Å². The number of allylic oxidation sites excluding steroid dienone is 1. The zero-order valence-corrected chi connectivity index (χ0v) is 15.3.